The summed E-state index contributed by atoms with van der Waals surface area (Å²) in [5.74, 6) is 2.13. The molecule has 0 saturated heterocycles. The van der Waals surface area contributed by atoms with E-state index in [9.17, 15) is 0 Å². The number of aryl methyl sites for hydroxylation is 2. The molecule has 1 N–H and O–H groups in total. The molecule has 0 amide bonds. The zero-order valence-corrected chi connectivity index (χ0v) is 11.7. The number of hydrogen-bond donors (Lipinski definition) is 1. The van der Waals surface area contributed by atoms with E-state index < -0.39 is 0 Å². The highest BCUT2D eigenvalue weighted by Gasteiger charge is 2.12. The van der Waals surface area contributed by atoms with Crippen LogP contribution < -0.4 is 10.1 Å². The Morgan fingerprint density at radius 3 is 2.79 bits per heavy atom. The third-order valence-corrected chi connectivity index (χ3v) is 2.98. The molecule has 1 unspecified atom stereocenters. The van der Waals surface area contributed by atoms with Crippen LogP contribution in [-0.2, 0) is 6.54 Å². The molecule has 1 aromatic carbocycles. The fraction of sp³-hybridized carbons (Fsp3) is 0.429. The Morgan fingerprint density at radius 2 is 2.16 bits per heavy atom. The molecule has 0 spiro atoms. The number of methoxy groups -OCH3 is 1. The van der Waals surface area contributed by atoms with Crippen molar-refractivity contribution < 1.29 is 9.26 Å². The Balaban J connectivity index is 2.05. The van der Waals surface area contributed by atoms with Gasteiger partial charge in [-0.05, 0) is 32.4 Å². The van der Waals surface area contributed by atoms with Crippen molar-refractivity contribution >= 4 is 0 Å². The summed E-state index contributed by atoms with van der Waals surface area (Å²) in [5, 5.41) is 7.11. The highest BCUT2D eigenvalue weighted by Crippen LogP contribution is 2.26. The molecule has 102 valence electrons. The van der Waals surface area contributed by atoms with Gasteiger partial charge in [0.2, 0.25) is 5.89 Å². The first-order valence-corrected chi connectivity index (χ1v) is 6.27. The van der Waals surface area contributed by atoms with E-state index in [0.717, 1.165) is 11.3 Å². The minimum atomic E-state index is 0.141. The maximum atomic E-state index is 5.41. The van der Waals surface area contributed by atoms with Gasteiger partial charge in [-0.2, -0.15) is 4.98 Å². The average molecular weight is 261 g/mol. The van der Waals surface area contributed by atoms with Crippen molar-refractivity contribution in [2.45, 2.75) is 33.4 Å². The molecule has 0 aliphatic rings. The van der Waals surface area contributed by atoms with Crippen LogP contribution in [0.4, 0.5) is 0 Å². The molecule has 1 heterocycles. The molecule has 1 atom stereocenters. The first-order chi connectivity index (χ1) is 9.10. The summed E-state index contributed by atoms with van der Waals surface area (Å²) in [5.41, 5.74) is 2.30. The molecule has 0 bridgehead atoms. The fourth-order valence-electron chi connectivity index (χ4n) is 1.94. The Bertz CT molecular complexity index is 551. The van der Waals surface area contributed by atoms with Crippen LogP contribution >= 0.6 is 0 Å². The monoisotopic (exact) mass is 261 g/mol. The molecule has 0 radical (unpaired) electrons. The number of benzene rings is 1. The largest absolute Gasteiger partial charge is 0.496 e. The summed E-state index contributed by atoms with van der Waals surface area (Å²) < 4.78 is 10.5. The van der Waals surface area contributed by atoms with Crippen molar-refractivity contribution in [3.63, 3.8) is 0 Å². The van der Waals surface area contributed by atoms with E-state index in [1.807, 2.05) is 13.0 Å². The van der Waals surface area contributed by atoms with Gasteiger partial charge in [-0.3, -0.25) is 0 Å². The van der Waals surface area contributed by atoms with Crippen LogP contribution in [0.25, 0.3) is 0 Å². The molecule has 1 aromatic heterocycles. The van der Waals surface area contributed by atoms with Crippen molar-refractivity contribution in [2.75, 3.05) is 7.11 Å². The summed E-state index contributed by atoms with van der Waals surface area (Å²) >= 11 is 0. The molecule has 0 fully saturated rings. The van der Waals surface area contributed by atoms with E-state index >= 15 is 0 Å². The summed E-state index contributed by atoms with van der Waals surface area (Å²) in [7, 11) is 1.69. The van der Waals surface area contributed by atoms with Crippen molar-refractivity contribution in [3.8, 4) is 5.75 Å². The van der Waals surface area contributed by atoms with Crippen LogP contribution in [0.2, 0.25) is 0 Å². The Hall–Kier alpha value is -1.88. The van der Waals surface area contributed by atoms with E-state index in [4.69, 9.17) is 9.26 Å². The van der Waals surface area contributed by atoms with Gasteiger partial charge in [0.15, 0.2) is 5.82 Å². The SMILES string of the molecule is COc1cc(C)ccc1C(C)NCc1nc(C)no1. The van der Waals surface area contributed by atoms with Crippen LogP contribution in [0.3, 0.4) is 0 Å². The fourth-order valence-corrected chi connectivity index (χ4v) is 1.94. The first-order valence-electron chi connectivity index (χ1n) is 6.27. The van der Waals surface area contributed by atoms with Crippen LogP contribution in [0.1, 0.15) is 35.8 Å². The molecular weight excluding hydrogens is 242 g/mol. The van der Waals surface area contributed by atoms with Crippen LogP contribution in [0, 0.1) is 13.8 Å². The Kier molecular flexibility index (Phi) is 4.16. The quantitative estimate of drug-likeness (QED) is 0.896. The third kappa shape index (κ3) is 3.32. The Morgan fingerprint density at radius 1 is 1.37 bits per heavy atom. The number of hydrogen-bond acceptors (Lipinski definition) is 5. The van der Waals surface area contributed by atoms with Gasteiger partial charge in [-0.25, -0.2) is 0 Å². The van der Waals surface area contributed by atoms with Gasteiger partial charge in [0.1, 0.15) is 5.75 Å². The molecule has 5 heteroatoms. The van der Waals surface area contributed by atoms with E-state index in [1.54, 1.807) is 14.0 Å². The van der Waals surface area contributed by atoms with E-state index in [2.05, 4.69) is 34.5 Å². The van der Waals surface area contributed by atoms with E-state index in [-0.39, 0.29) is 6.04 Å². The standard InChI is InChI=1S/C14H19N3O2/c1-9-5-6-12(13(7-9)18-4)10(2)15-8-14-16-11(3)17-19-14/h5-7,10,15H,8H2,1-4H3. The minimum absolute atomic E-state index is 0.141. The highest BCUT2D eigenvalue weighted by atomic mass is 16.5. The predicted octanol–water partition coefficient (Wildman–Crippen LogP) is 2.55. The molecule has 2 rings (SSSR count). The van der Waals surface area contributed by atoms with Crippen LogP contribution in [0.5, 0.6) is 5.75 Å². The number of ether oxygens (including phenoxy) is 1. The summed E-state index contributed by atoms with van der Waals surface area (Å²) in [4.78, 5) is 4.16. The molecule has 19 heavy (non-hydrogen) atoms. The van der Waals surface area contributed by atoms with Gasteiger partial charge >= 0.3 is 0 Å². The second kappa shape index (κ2) is 5.84. The highest BCUT2D eigenvalue weighted by molar-refractivity contribution is 5.39. The predicted molar refractivity (Wildman–Crippen MR) is 72.0 cm³/mol. The summed E-state index contributed by atoms with van der Waals surface area (Å²) in [6, 6.07) is 6.32. The maximum absolute atomic E-state index is 5.41. The lowest BCUT2D eigenvalue weighted by atomic mass is 10.0. The molecule has 2 aromatic rings. The average Bonchev–Trinajstić information content (AvgIpc) is 2.81. The van der Waals surface area contributed by atoms with Crippen molar-refractivity contribution in [1.29, 1.82) is 0 Å². The normalized spacial score (nSPS) is 12.4. The summed E-state index contributed by atoms with van der Waals surface area (Å²) in [6.07, 6.45) is 0. The zero-order chi connectivity index (χ0) is 13.8. The number of rotatable bonds is 5. The zero-order valence-electron chi connectivity index (χ0n) is 11.7. The minimum Gasteiger partial charge on any atom is -0.496 e. The number of aromatic nitrogens is 2. The first kappa shape index (κ1) is 13.5. The molecule has 0 saturated carbocycles. The van der Waals surface area contributed by atoms with Gasteiger partial charge in [0.05, 0.1) is 13.7 Å². The van der Waals surface area contributed by atoms with Crippen molar-refractivity contribution in [3.05, 3.63) is 41.0 Å². The number of nitrogens with one attached hydrogen (secondary N) is 1. The lowest BCUT2D eigenvalue weighted by molar-refractivity contribution is 0.354. The van der Waals surface area contributed by atoms with E-state index in [1.165, 1.54) is 5.56 Å². The second-order valence-corrected chi connectivity index (χ2v) is 4.58. The lowest BCUT2D eigenvalue weighted by Crippen LogP contribution is -2.19. The lowest BCUT2D eigenvalue weighted by Gasteiger charge is -2.16. The number of nitrogens with zero attached hydrogens (tertiary/aromatic N) is 2. The van der Waals surface area contributed by atoms with Crippen LogP contribution in [-0.4, -0.2) is 17.3 Å². The van der Waals surface area contributed by atoms with Crippen molar-refractivity contribution in [1.82, 2.24) is 15.5 Å². The van der Waals surface area contributed by atoms with Crippen molar-refractivity contribution in [2.24, 2.45) is 0 Å². The maximum Gasteiger partial charge on any atom is 0.240 e. The van der Waals surface area contributed by atoms with Gasteiger partial charge in [-0.15, -0.1) is 0 Å². The molecular formula is C14H19N3O2. The van der Waals surface area contributed by atoms with Gasteiger partial charge in [0.25, 0.3) is 0 Å². The van der Waals surface area contributed by atoms with Gasteiger partial charge < -0.3 is 14.6 Å². The van der Waals surface area contributed by atoms with Crippen LogP contribution in [0.15, 0.2) is 22.7 Å². The smallest absolute Gasteiger partial charge is 0.240 e. The van der Waals surface area contributed by atoms with Gasteiger partial charge in [-0.1, -0.05) is 17.3 Å². The topological polar surface area (TPSA) is 60.2 Å². The second-order valence-electron chi connectivity index (χ2n) is 4.58. The van der Waals surface area contributed by atoms with E-state index in [0.29, 0.717) is 18.3 Å². The summed E-state index contributed by atoms with van der Waals surface area (Å²) in [6.45, 7) is 6.47. The molecule has 5 nitrogen and oxygen atoms in total. The van der Waals surface area contributed by atoms with Gasteiger partial charge in [0, 0.05) is 11.6 Å². The third-order valence-electron chi connectivity index (χ3n) is 2.98. The Labute approximate surface area is 113 Å². The molecule has 0 aliphatic carbocycles. The molecule has 0 aliphatic heterocycles.